The number of halogens is 1. The van der Waals surface area contributed by atoms with Gasteiger partial charge in [0.25, 0.3) is 5.56 Å². The first-order chi connectivity index (χ1) is 13.7. The van der Waals surface area contributed by atoms with Crippen molar-refractivity contribution in [1.82, 2.24) is 9.55 Å². The summed E-state index contributed by atoms with van der Waals surface area (Å²) in [5, 5.41) is 3.54. The number of aryl methyl sites for hydroxylation is 1. The molecule has 0 saturated carbocycles. The summed E-state index contributed by atoms with van der Waals surface area (Å²) >= 11 is 5.05. The molecule has 29 heavy (non-hydrogen) atoms. The van der Waals surface area contributed by atoms with E-state index in [9.17, 15) is 9.59 Å². The molecule has 4 rings (SSSR count). The lowest BCUT2D eigenvalue weighted by molar-refractivity contribution is -0.116. The normalized spacial score (nSPS) is 16.6. The van der Waals surface area contributed by atoms with Crippen molar-refractivity contribution in [2.45, 2.75) is 46.6 Å². The van der Waals surface area contributed by atoms with Crippen LogP contribution in [0.2, 0.25) is 0 Å². The van der Waals surface area contributed by atoms with E-state index >= 15 is 0 Å². The Morgan fingerprint density at radius 2 is 2.10 bits per heavy atom. The Bertz CT molecular complexity index is 1140. The Morgan fingerprint density at radius 1 is 1.34 bits per heavy atom. The van der Waals surface area contributed by atoms with Gasteiger partial charge in [-0.25, -0.2) is 4.98 Å². The average molecular weight is 474 g/mol. The van der Waals surface area contributed by atoms with E-state index < -0.39 is 0 Å². The highest BCUT2D eigenvalue weighted by Crippen LogP contribution is 2.41. The number of nitrogens with zero attached hydrogens (tertiary/aromatic N) is 2. The maximum atomic E-state index is 13.1. The van der Waals surface area contributed by atoms with Gasteiger partial charge < -0.3 is 5.32 Å². The molecule has 1 N–H and O–H groups in total. The Kier molecular flexibility index (Phi) is 5.38. The largest absolute Gasteiger partial charge is 0.324 e. The second kappa shape index (κ2) is 7.69. The SMILES string of the molecule is CC(C)(C)C1CCc2c(sc3ncn(CC(=O)Nc4ccccc4Br)c(=O)c23)C1. The van der Waals surface area contributed by atoms with E-state index in [0.717, 1.165) is 34.1 Å². The highest BCUT2D eigenvalue weighted by molar-refractivity contribution is 9.10. The van der Waals surface area contributed by atoms with Gasteiger partial charge in [0, 0.05) is 9.35 Å². The van der Waals surface area contributed by atoms with E-state index in [1.807, 2.05) is 24.3 Å². The van der Waals surface area contributed by atoms with Crippen LogP contribution in [0.3, 0.4) is 0 Å². The van der Waals surface area contributed by atoms with Crippen molar-refractivity contribution in [3.8, 4) is 0 Å². The fourth-order valence-corrected chi connectivity index (χ4v) is 5.60. The van der Waals surface area contributed by atoms with Gasteiger partial charge in [0.05, 0.1) is 17.4 Å². The monoisotopic (exact) mass is 473 g/mol. The summed E-state index contributed by atoms with van der Waals surface area (Å²) in [4.78, 5) is 32.2. The molecule has 7 heteroatoms. The second-order valence-electron chi connectivity index (χ2n) is 8.70. The van der Waals surface area contributed by atoms with Crippen LogP contribution in [-0.4, -0.2) is 15.5 Å². The third-order valence-corrected chi connectivity index (χ3v) is 7.58. The standard InChI is InChI=1S/C22H24BrN3O2S/c1-22(2,3)13-8-9-14-17(10-13)29-20-19(14)21(28)26(12-24-20)11-18(27)25-16-7-5-4-6-15(16)23/h4-7,12-13H,8-11H2,1-3H3,(H,25,27). The first kappa shape index (κ1) is 20.3. The minimum Gasteiger partial charge on any atom is -0.324 e. The number of benzene rings is 1. The second-order valence-corrected chi connectivity index (χ2v) is 10.6. The van der Waals surface area contributed by atoms with Crippen LogP contribution in [0, 0.1) is 11.3 Å². The van der Waals surface area contributed by atoms with Gasteiger partial charge in [-0.3, -0.25) is 14.2 Å². The van der Waals surface area contributed by atoms with Gasteiger partial charge in [-0.1, -0.05) is 32.9 Å². The molecule has 1 atom stereocenters. The van der Waals surface area contributed by atoms with Crippen LogP contribution < -0.4 is 10.9 Å². The number of anilines is 1. The molecule has 0 fully saturated rings. The minimum absolute atomic E-state index is 0.0572. The van der Waals surface area contributed by atoms with Crippen LogP contribution in [-0.2, 0) is 24.2 Å². The molecule has 0 spiro atoms. The summed E-state index contributed by atoms with van der Waals surface area (Å²) in [6.45, 7) is 6.79. The predicted molar refractivity (Wildman–Crippen MR) is 122 cm³/mol. The number of rotatable bonds is 3. The zero-order chi connectivity index (χ0) is 20.8. The van der Waals surface area contributed by atoms with E-state index in [-0.39, 0.29) is 23.4 Å². The van der Waals surface area contributed by atoms with Gasteiger partial charge in [0.2, 0.25) is 5.91 Å². The molecule has 152 valence electrons. The van der Waals surface area contributed by atoms with Crippen LogP contribution in [0.25, 0.3) is 10.2 Å². The van der Waals surface area contributed by atoms with Gasteiger partial charge >= 0.3 is 0 Å². The highest BCUT2D eigenvalue weighted by atomic mass is 79.9. The van der Waals surface area contributed by atoms with E-state index in [1.165, 1.54) is 15.8 Å². The number of hydrogen-bond donors (Lipinski definition) is 1. The molecule has 0 radical (unpaired) electrons. The predicted octanol–water partition coefficient (Wildman–Crippen LogP) is 5.01. The molecule has 0 bridgehead atoms. The first-order valence-corrected chi connectivity index (χ1v) is 11.4. The smallest absolute Gasteiger partial charge is 0.262 e. The zero-order valence-corrected chi connectivity index (χ0v) is 19.2. The van der Waals surface area contributed by atoms with Crippen molar-refractivity contribution in [1.29, 1.82) is 0 Å². The lowest BCUT2D eigenvalue weighted by Gasteiger charge is -2.33. The molecule has 2 aromatic heterocycles. The first-order valence-electron chi connectivity index (χ1n) is 9.78. The van der Waals surface area contributed by atoms with Crippen molar-refractivity contribution in [2.24, 2.45) is 11.3 Å². The number of carbonyl (C=O) groups excluding carboxylic acids is 1. The third-order valence-electron chi connectivity index (χ3n) is 5.72. The fraction of sp³-hybridized carbons (Fsp3) is 0.409. The summed E-state index contributed by atoms with van der Waals surface area (Å²) in [6, 6.07) is 7.40. The molecule has 1 unspecified atom stereocenters. The van der Waals surface area contributed by atoms with Crippen LogP contribution >= 0.6 is 27.3 Å². The number of thiophene rings is 1. The Hall–Kier alpha value is -1.99. The van der Waals surface area contributed by atoms with Gasteiger partial charge in [0.1, 0.15) is 11.4 Å². The number of nitrogens with one attached hydrogen (secondary N) is 1. The minimum atomic E-state index is -0.253. The molecule has 0 aliphatic heterocycles. The quantitative estimate of drug-likeness (QED) is 0.581. The number of hydrogen-bond acceptors (Lipinski definition) is 4. The number of aromatic nitrogens is 2. The summed E-state index contributed by atoms with van der Waals surface area (Å²) in [6.07, 6.45) is 4.48. The molecule has 0 saturated heterocycles. The zero-order valence-electron chi connectivity index (χ0n) is 16.8. The Morgan fingerprint density at radius 3 is 2.83 bits per heavy atom. The van der Waals surface area contributed by atoms with Gasteiger partial charge in [-0.2, -0.15) is 0 Å². The highest BCUT2D eigenvalue weighted by Gasteiger charge is 2.31. The lowest BCUT2D eigenvalue weighted by atomic mass is 9.72. The van der Waals surface area contributed by atoms with E-state index in [2.05, 4.69) is 47.0 Å². The van der Waals surface area contributed by atoms with Crippen molar-refractivity contribution in [3.63, 3.8) is 0 Å². The van der Waals surface area contributed by atoms with Crippen molar-refractivity contribution < 1.29 is 4.79 Å². The van der Waals surface area contributed by atoms with Crippen LogP contribution in [0.4, 0.5) is 5.69 Å². The van der Waals surface area contributed by atoms with Crippen LogP contribution in [0.5, 0.6) is 0 Å². The van der Waals surface area contributed by atoms with E-state index in [1.54, 1.807) is 11.3 Å². The topological polar surface area (TPSA) is 64.0 Å². The van der Waals surface area contributed by atoms with E-state index in [4.69, 9.17) is 0 Å². The molecule has 2 heterocycles. The molecule has 1 aliphatic rings. The Labute approximate surface area is 182 Å². The molecular formula is C22H24BrN3O2S. The fourth-order valence-electron chi connectivity index (χ4n) is 3.96. The lowest BCUT2D eigenvalue weighted by Crippen LogP contribution is -2.29. The summed E-state index contributed by atoms with van der Waals surface area (Å²) < 4.78 is 2.21. The third kappa shape index (κ3) is 4.03. The summed E-state index contributed by atoms with van der Waals surface area (Å²) in [7, 11) is 0. The number of amides is 1. The number of carbonyl (C=O) groups is 1. The number of fused-ring (bicyclic) bond motifs is 3. The van der Waals surface area contributed by atoms with Gasteiger partial charge in [-0.15, -0.1) is 11.3 Å². The average Bonchev–Trinajstić information content (AvgIpc) is 3.03. The van der Waals surface area contributed by atoms with E-state index in [0.29, 0.717) is 17.0 Å². The van der Waals surface area contributed by atoms with Crippen LogP contribution in [0.15, 0.2) is 39.9 Å². The maximum absolute atomic E-state index is 13.1. The number of para-hydroxylation sites is 1. The van der Waals surface area contributed by atoms with Crippen molar-refractivity contribution in [3.05, 3.63) is 55.9 Å². The summed E-state index contributed by atoms with van der Waals surface area (Å²) in [5.74, 6) is 0.359. The molecule has 5 nitrogen and oxygen atoms in total. The van der Waals surface area contributed by atoms with Gasteiger partial charge in [-0.05, 0) is 64.2 Å². The molecule has 1 aliphatic carbocycles. The van der Waals surface area contributed by atoms with Crippen molar-refractivity contribution in [2.75, 3.05) is 5.32 Å². The van der Waals surface area contributed by atoms with Gasteiger partial charge in [0.15, 0.2) is 0 Å². The Balaban J connectivity index is 1.61. The van der Waals surface area contributed by atoms with Crippen LogP contribution in [0.1, 0.15) is 37.6 Å². The molecule has 1 aromatic carbocycles. The molecular weight excluding hydrogens is 450 g/mol. The summed E-state index contributed by atoms with van der Waals surface area (Å²) in [5.41, 5.74) is 1.96. The molecule has 3 aromatic rings. The van der Waals surface area contributed by atoms with Crippen molar-refractivity contribution >= 4 is 49.1 Å². The molecule has 1 amide bonds. The maximum Gasteiger partial charge on any atom is 0.262 e.